The van der Waals surface area contributed by atoms with E-state index in [1.54, 1.807) is 17.3 Å². The van der Waals surface area contributed by atoms with Crippen LogP contribution in [0.2, 0.25) is 0 Å². The van der Waals surface area contributed by atoms with Crippen molar-refractivity contribution in [3.05, 3.63) is 11.6 Å². The zero-order chi connectivity index (χ0) is 25.1. The lowest BCUT2D eigenvalue weighted by Gasteiger charge is -2.58. The molecule has 8 atom stereocenters. The smallest absolute Gasteiger partial charge is 0.189 e. The van der Waals surface area contributed by atoms with Crippen molar-refractivity contribution in [2.75, 3.05) is 0 Å². The number of carbonyl (C=O) groups excluding carboxylic acids is 1. The van der Waals surface area contributed by atoms with Crippen LogP contribution in [-0.4, -0.2) is 10.4 Å². The molecule has 0 aliphatic heterocycles. The molecule has 0 saturated heterocycles. The van der Waals surface area contributed by atoms with Gasteiger partial charge in [-0.05, 0) is 98.2 Å². The van der Waals surface area contributed by atoms with E-state index in [0.29, 0.717) is 27.1 Å². The molecule has 0 aromatic heterocycles. The van der Waals surface area contributed by atoms with E-state index in [1.165, 1.54) is 96.3 Å². The number of fused-ring (bicyclic) bond motifs is 5. The summed E-state index contributed by atoms with van der Waals surface area (Å²) in [5, 5.41) is 0.975. The maximum atomic E-state index is 12.6. The van der Waals surface area contributed by atoms with Gasteiger partial charge in [0.25, 0.3) is 0 Å². The van der Waals surface area contributed by atoms with E-state index in [1.807, 2.05) is 0 Å². The zero-order valence-electron chi connectivity index (χ0n) is 23.9. The first-order valence-corrected chi connectivity index (χ1v) is 16.6. The van der Waals surface area contributed by atoms with Crippen LogP contribution in [0.3, 0.4) is 0 Å². The second kappa shape index (κ2) is 12.1. The third-order valence-electron chi connectivity index (χ3n) is 11.7. The second-order valence-electron chi connectivity index (χ2n) is 13.7. The van der Waals surface area contributed by atoms with Gasteiger partial charge in [-0.3, -0.25) is 4.79 Å². The second-order valence-corrected chi connectivity index (χ2v) is 15.1. The van der Waals surface area contributed by atoms with Gasteiger partial charge in [0, 0.05) is 11.7 Å². The van der Waals surface area contributed by atoms with Gasteiger partial charge in [-0.15, -0.1) is 0 Å². The van der Waals surface area contributed by atoms with E-state index in [9.17, 15) is 4.79 Å². The topological polar surface area (TPSA) is 17.1 Å². The largest absolute Gasteiger partial charge is 0.287 e. The minimum absolute atomic E-state index is 0.415. The van der Waals surface area contributed by atoms with Crippen LogP contribution in [0.25, 0.3) is 0 Å². The van der Waals surface area contributed by atoms with Crippen LogP contribution in [0.15, 0.2) is 11.6 Å². The molecule has 0 amide bonds. The number of hydrogen-bond donors (Lipinski definition) is 0. The van der Waals surface area contributed by atoms with Crippen molar-refractivity contribution in [1.29, 1.82) is 0 Å². The molecule has 35 heavy (non-hydrogen) atoms. The molecule has 4 rings (SSSR count). The first-order valence-electron chi connectivity index (χ1n) is 15.7. The van der Waals surface area contributed by atoms with Gasteiger partial charge in [0.1, 0.15) is 0 Å². The van der Waals surface area contributed by atoms with Crippen molar-refractivity contribution in [3.63, 3.8) is 0 Å². The van der Waals surface area contributed by atoms with E-state index < -0.39 is 0 Å². The van der Waals surface area contributed by atoms with Gasteiger partial charge < -0.3 is 0 Å². The molecule has 0 aromatic carbocycles. The van der Waals surface area contributed by atoms with Crippen LogP contribution in [0.5, 0.6) is 0 Å². The fourth-order valence-corrected chi connectivity index (χ4v) is 10.4. The van der Waals surface area contributed by atoms with Crippen molar-refractivity contribution in [2.45, 2.75) is 149 Å². The monoisotopic (exact) mass is 500 g/mol. The molecule has 0 heterocycles. The highest BCUT2D eigenvalue weighted by Crippen LogP contribution is 2.67. The van der Waals surface area contributed by atoms with Crippen molar-refractivity contribution in [3.8, 4) is 0 Å². The lowest BCUT2D eigenvalue weighted by Crippen LogP contribution is -2.50. The molecule has 4 aliphatic carbocycles. The highest BCUT2D eigenvalue weighted by molar-refractivity contribution is 8.14. The van der Waals surface area contributed by atoms with Gasteiger partial charge >= 0.3 is 0 Å². The fourth-order valence-electron chi connectivity index (χ4n) is 9.15. The minimum atomic E-state index is 0.415. The lowest BCUT2D eigenvalue weighted by atomic mass is 9.47. The standard InChI is InChI=1S/C33H56OS/c1-6-8-9-10-11-12-13-25-15-17-29-28-16-14-26-23-27(35-31(34)22-24(3)7-2)18-20-33(26,5)30(28)19-21-32(25,29)4/h14,24-25,27-30H,6-13,15-23H2,1-5H3. The summed E-state index contributed by atoms with van der Waals surface area (Å²) in [6.07, 6.45) is 25.7. The first-order chi connectivity index (χ1) is 16.8. The molecule has 0 aromatic rings. The molecule has 0 bridgehead atoms. The van der Waals surface area contributed by atoms with Crippen molar-refractivity contribution in [2.24, 2.45) is 40.4 Å². The van der Waals surface area contributed by atoms with Crippen molar-refractivity contribution >= 4 is 16.9 Å². The van der Waals surface area contributed by atoms with Gasteiger partial charge in [0.05, 0.1) is 0 Å². The van der Waals surface area contributed by atoms with E-state index in [-0.39, 0.29) is 0 Å². The molecule has 0 N–H and O–H groups in total. The summed E-state index contributed by atoms with van der Waals surface area (Å²) in [5.41, 5.74) is 2.77. The number of allylic oxidation sites excluding steroid dienone is 2. The van der Waals surface area contributed by atoms with Gasteiger partial charge in [0.2, 0.25) is 0 Å². The Labute approximate surface area is 222 Å². The highest BCUT2D eigenvalue weighted by Gasteiger charge is 2.58. The van der Waals surface area contributed by atoms with Crippen LogP contribution in [0, 0.1) is 40.4 Å². The lowest BCUT2D eigenvalue weighted by molar-refractivity contribution is -0.111. The average molecular weight is 501 g/mol. The Morgan fingerprint density at radius 3 is 2.54 bits per heavy atom. The quantitative estimate of drug-likeness (QED) is 0.207. The van der Waals surface area contributed by atoms with Crippen LogP contribution >= 0.6 is 11.8 Å². The highest BCUT2D eigenvalue weighted by atomic mass is 32.2. The molecule has 200 valence electrons. The van der Waals surface area contributed by atoms with Crippen LogP contribution in [0.4, 0.5) is 0 Å². The molecule has 1 nitrogen and oxygen atoms in total. The number of carbonyl (C=O) groups is 1. The summed E-state index contributed by atoms with van der Waals surface area (Å²) in [6, 6.07) is 0. The summed E-state index contributed by atoms with van der Waals surface area (Å²) in [5.74, 6) is 4.31. The van der Waals surface area contributed by atoms with E-state index >= 15 is 0 Å². The SMILES string of the molecule is CCCCCCCCC1CCC2C3CC=C4CC(SC(=O)CC(C)CC)CCC4(C)C3CCC12C. The predicted octanol–water partition coefficient (Wildman–Crippen LogP) is 10.4. The Hall–Kier alpha value is -0.240. The van der Waals surface area contributed by atoms with Crippen LogP contribution in [-0.2, 0) is 4.79 Å². The zero-order valence-corrected chi connectivity index (χ0v) is 24.7. The summed E-state index contributed by atoms with van der Waals surface area (Å²) in [4.78, 5) is 12.6. The molecule has 0 radical (unpaired) electrons. The van der Waals surface area contributed by atoms with Crippen LogP contribution in [0.1, 0.15) is 144 Å². The molecule has 3 fully saturated rings. The Kier molecular flexibility index (Phi) is 9.59. The average Bonchev–Trinajstić information content (AvgIpc) is 3.17. The van der Waals surface area contributed by atoms with Crippen molar-refractivity contribution < 1.29 is 4.79 Å². The molecule has 3 saturated carbocycles. The maximum Gasteiger partial charge on any atom is 0.189 e. The summed E-state index contributed by atoms with van der Waals surface area (Å²) >= 11 is 1.70. The molecule has 0 spiro atoms. The molecule has 4 aliphatic rings. The van der Waals surface area contributed by atoms with Gasteiger partial charge in [-0.25, -0.2) is 0 Å². The third kappa shape index (κ3) is 5.93. The van der Waals surface area contributed by atoms with E-state index in [4.69, 9.17) is 0 Å². The summed E-state index contributed by atoms with van der Waals surface area (Å²) < 4.78 is 0. The molecular weight excluding hydrogens is 444 g/mol. The Bertz CT molecular complexity index is 741. The number of hydrogen-bond acceptors (Lipinski definition) is 2. The van der Waals surface area contributed by atoms with Crippen LogP contribution < -0.4 is 0 Å². The normalized spacial score (nSPS) is 39.3. The Balaban J connectivity index is 1.35. The van der Waals surface area contributed by atoms with E-state index in [0.717, 1.165) is 36.5 Å². The number of rotatable bonds is 11. The molecule has 8 unspecified atom stereocenters. The molecular formula is C33H56OS. The summed E-state index contributed by atoms with van der Waals surface area (Å²) in [7, 11) is 0. The predicted molar refractivity (Wildman–Crippen MR) is 154 cm³/mol. The van der Waals surface area contributed by atoms with Gasteiger partial charge in [0.15, 0.2) is 5.12 Å². The molecule has 2 heteroatoms. The maximum absolute atomic E-state index is 12.6. The number of thioether (sulfide) groups is 1. The Morgan fingerprint density at radius 2 is 1.77 bits per heavy atom. The minimum Gasteiger partial charge on any atom is -0.287 e. The van der Waals surface area contributed by atoms with Gasteiger partial charge in [-0.1, -0.05) is 103 Å². The van der Waals surface area contributed by atoms with Gasteiger partial charge in [-0.2, -0.15) is 0 Å². The summed E-state index contributed by atoms with van der Waals surface area (Å²) in [6.45, 7) is 12.1. The number of unbranched alkanes of at least 4 members (excludes halogenated alkanes) is 5. The van der Waals surface area contributed by atoms with E-state index in [2.05, 4.69) is 40.7 Å². The van der Waals surface area contributed by atoms with Crippen molar-refractivity contribution in [1.82, 2.24) is 0 Å². The first kappa shape index (κ1) is 27.8. The fraction of sp³-hybridized carbons (Fsp3) is 0.909. The Morgan fingerprint density at radius 1 is 1.00 bits per heavy atom. The third-order valence-corrected chi connectivity index (χ3v) is 12.8.